The van der Waals surface area contributed by atoms with Gasteiger partial charge in [-0.25, -0.2) is 0 Å². The van der Waals surface area contributed by atoms with Gasteiger partial charge >= 0.3 is 33.1 Å². The van der Waals surface area contributed by atoms with Gasteiger partial charge in [0.1, 0.15) is 12.6 Å². The highest BCUT2D eigenvalue weighted by molar-refractivity contribution is 7.53. The Morgan fingerprint density at radius 3 is 1.66 bits per heavy atom. The van der Waals surface area contributed by atoms with Gasteiger partial charge in [-0.2, -0.15) is 0 Å². The zero-order chi connectivity index (χ0) is 39.0. The molecule has 0 fully saturated rings. The molecule has 0 aliphatic rings. The van der Waals surface area contributed by atoms with Crippen molar-refractivity contribution in [1.82, 2.24) is 14.8 Å². The first-order valence-electron chi connectivity index (χ1n) is 16.6. The standard InChI is InChI=1S/C36H43N3O12P2/c1-3-50-52(46,47)25-38(23-35(42)43)21-30-19-27(20-31(37-30)22-39(24-36(44)45)26-53(48,49)51-4-2)15-16-29-18-17-28(32-12-9-10-13-33(29)32)11-7-5-6-8-14-34(40)41/h9-10,12-13,17-20H,3-6,8,14,21-26H2,1-2H3,(H,40,41)(H,42,43)(H,44,45)(H,46,47)(H,48,49). The fourth-order valence-electron chi connectivity index (χ4n) is 5.33. The van der Waals surface area contributed by atoms with E-state index in [-0.39, 0.29) is 44.1 Å². The Morgan fingerprint density at radius 2 is 1.21 bits per heavy atom. The highest BCUT2D eigenvalue weighted by Gasteiger charge is 2.27. The number of hydrogen-bond acceptors (Lipinski definition) is 10. The second-order valence-corrected chi connectivity index (χ2v) is 15.5. The molecule has 0 spiro atoms. The van der Waals surface area contributed by atoms with Crippen molar-refractivity contribution in [2.75, 3.05) is 38.9 Å². The predicted molar refractivity (Wildman–Crippen MR) is 196 cm³/mol. The van der Waals surface area contributed by atoms with Crippen molar-refractivity contribution in [2.45, 2.75) is 52.6 Å². The minimum Gasteiger partial charge on any atom is -0.481 e. The molecule has 0 aliphatic heterocycles. The lowest BCUT2D eigenvalue weighted by Crippen LogP contribution is -2.32. The summed E-state index contributed by atoms with van der Waals surface area (Å²) in [6.07, 6.45) is 0.617. The highest BCUT2D eigenvalue weighted by atomic mass is 31.2. The summed E-state index contributed by atoms with van der Waals surface area (Å²) < 4.78 is 35.0. The Morgan fingerprint density at radius 1 is 0.717 bits per heavy atom. The van der Waals surface area contributed by atoms with Gasteiger partial charge in [-0.05, 0) is 61.7 Å². The van der Waals surface area contributed by atoms with Crippen LogP contribution < -0.4 is 0 Å². The van der Waals surface area contributed by atoms with Gasteiger partial charge in [0.25, 0.3) is 0 Å². The van der Waals surface area contributed by atoms with Gasteiger partial charge in [0.15, 0.2) is 0 Å². The van der Waals surface area contributed by atoms with Gasteiger partial charge in [0.05, 0.1) is 37.7 Å². The summed E-state index contributed by atoms with van der Waals surface area (Å²) in [5.74, 6) is 9.14. The van der Waals surface area contributed by atoms with Gasteiger partial charge < -0.3 is 34.2 Å². The van der Waals surface area contributed by atoms with Gasteiger partial charge in [-0.15, -0.1) is 0 Å². The molecule has 0 saturated carbocycles. The molecule has 5 N–H and O–H groups in total. The minimum atomic E-state index is -4.20. The van der Waals surface area contributed by atoms with Crippen LogP contribution in [0.3, 0.4) is 0 Å². The smallest absolute Gasteiger partial charge is 0.342 e. The van der Waals surface area contributed by atoms with E-state index in [1.54, 1.807) is 12.1 Å². The van der Waals surface area contributed by atoms with E-state index in [2.05, 4.69) is 28.7 Å². The maximum atomic E-state index is 12.6. The number of aromatic nitrogens is 1. The van der Waals surface area contributed by atoms with Crippen LogP contribution in [0.5, 0.6) is 0 Å². The molecule has 1 aromatic heterocycles. The SMILES string of the molecule is CCOP(=O)(O)CN(CC(=O)O)Cc1cc(C#Cc2ccc(C#CCCCCC(=O)O)c3ccccc23)cc(CN(CC(=O)O)CP(=O)(O)OCC)n1. The monoisotopic (exact) mass is 771 g/mol. The third kappa shape index (κ3) is 15.6. The number of nitrogens with zero attached hydrogens (tertiary/aromatic N) is 3. The first kappa shape index (κ1) is 43.0. The second-order valence-electron chi connectivity index (χ2n) is 11.9. The largest absolute Gasteiger partial charge is 0.481 e. The lowest BCUT2D eigenvalue weighted by molar-refractivity contribution is -0.139. The molecule has 2 atom stereocenters. The van der Waals surface area contributed by atoms with E-state index in [9.17, 15) is 43.5 Å². The van der Waals surface area contributed by atoms with Crippen LogP contribution in [0.15, 0.2) is 48.5 Å². The van der Waals surface area contributed by atoms with E-state index in [4.69, 9.17) is 14.2 Å². The number of pyridine rings is 1. The molecule has 3 rings (SSSR count). The first-order chi connectivity index (χ1) is 25.1. The average Bonchev–Trinajstić information content (AvgIpc) is 3.04. The lowest BCUT2D eigenvalue weighted by Gasteiger charge is -2.24. The normalized spacial score (nSPS) is 13.4. The quantitative estimate of drug-likeness (QED) is 0.0593. The summed E-state index contributed by atoms with van der Waals surface area (Å²) in [6, 6.07) is 14.3. The number of aliphatic carboxylic acids is 3. The Hall–Kier alpha value is -4.40. The molecule has 0 radical (unpaired) electrons. The zero-order valence-corrected chi connectivity index (χ0v) is 31.2. The topological polar surface area (TPSA) is 224 Å². The van der Waals surface area contributed by atoms with Crippen molar-refractivity contribution in [3.63, 3.8) is 0 Å². The van der Waals surface area contributed by atoms with E-state index < -0.39 is 58.8 Å². The predicted octanol–water partition coefficient (Wildman–Crippen LogP) is 4.76. The molecule has 3 aromatic rings. The van der Waals surface area contributed by atoms with Crippen LogP contribution >= 0.6 is 15.2 Å². The van der Waals surface area contributed by atoms with E-state index in [0.29, 0.717) is 30.4 Å². The van der Waals surface area contributed by atoms with Crippen molar-refractivity contribution in [3.05, 3.63) is 76.6 Å². The lowest BCUT2D eigenvalue weighted by atomic mass is 9.99. The van der Waals surface area contributed by atoms with E-state index >= 15 is 0 Å². The Kier molecular flexibility index (Phi) is 16.8. The Bertz CT molecular complexity index is 1930. The third-order valence-corrected chi connectivity index (χ3v) is 10.1. The molecule has 53 heavy (non-hydrogen) atoms. The van der Waals surface area contributed by atoms with Gasteiger partial charge in [-0.3, -0.25) is 38.3 Å². The van der Waals surface area contributed by atoms with Gasteiger partial charge in [-0.1, -0.05) is 47.9 Å². The molecule has 0 saturated heterocycles. The Balaban J connectivity index is 2.06. The minimum absolute atomic E-state index is 0.0745. The molecule has 0 amide bonds. The van der Waals surface area contributed by atoms with E-state index in [1.165, 1.54) is 23.6 Å². The van der Waals surface area contributed by atoms with E-state index in [1.807, 2.05) is 36.4 Å². The summed E-state index contributed by atoms with van der Waals surface area (Å²) in [6.45, 7) is 1.20. The second kappa shape index (κ2) is 20.7. The molecule has 2 unspecified atom stereocenters. The van der Waals surface area contributed by atoms with Crippen molar-refractivity contribution < 1.29 is 57.7 Å². The summed E-state index contributed by atoms with van der Waals surface area (Å²) >= 11 is 0. The maximum Gasteiger partial charge on any atom is 0.342 e. The number of rotatable bonds is 20. The fourth-order valence-corrected chi connectivity index (χ4v) is 7.71. The molecule has 0 aliphatic carbocycles. The molecule has 284 valence electrons. The van der Waals surface area contributed by atoms with Crippen LogP contribution in [0.1, 0.15) is 67.6 Å². The van der Waals surface area contributed by atoms with Crippen molar-refractivity contribution >= 4 is 43.9 Å². The molecule has 15 nitrogen and oxygen atoms in total. The number of carboxylic acid groups (broad SMARTS) is 3. The van der Waals surface area contributed by atoms with Gasteiger partial charge in [0.2, 0.25) is 0 Å². The summed E-state index contributed by atoms with van der Waals surface area (Å²) in [5, 5.41) is 29.5. The molecule has 0 bridgehead atoms. The van der Waals surface area contributed by atoms with Crippen LogP contribution in [-0.4, -0.2) is 96.7 Å². The Labute approximate surface area is 307 Å². The number of carboxylic acids is 3. The fraction of sp³-hybridized carbons (Fsp3) is 0.389. The van der Waals surface area contributed by atoms with Gasteiger partial charge in [0, 0.05) is 42.6 Å². The van der Waals surface area contributed by atoms with E-state index in [0.717, 1.165) is 16.3 Å². The number of benzene rings is 2. The molecule has 1 heterocycles. The van der Waals surface area contributed by atoms with Crippen LogP contribution in [0.2, 0.25) is 0 Å². The first-order valence-corrected chi connectivity index (χ1v) is 20.2. The summed E-state index contributed by atoms with van der Waals surface area (Å²) in [4.78, 5) is 61.5. The third-order valence-electron chi connectivity index (χ3n) is 7.27. The number of carbonyl (C=O) groups is 3. The maximum absolute atomic E-state index is 12.6. The number of fused-ring (bicyclic) bond motifs is 1. The van der Waals surface area contributed by atoms with Crippen molar-refractivity contribution in [3.8, 4) is 23.7 Å². The zero-order valence-electron chi connectivity index (χ0n) is 29.4. The summed E-state index contributed by atoms with van der Waals surface area (Å²) in [5.41, 5.74) is 2.28. The van der Waals surface area contributed by atoms with Crippen LogP contribution in [0, 0.1) is 23.7 Å². The van der Waals surface area contributed by atoms with Crippen molar-refractivity contribution in [1.29, 1.82) is 0 Å². The highest BCUT2D eigenvalue weighted by Crippen LogP contribution is 2.43. The average molecular weight is 772 g/mol. The summed E-state index contributed by atoms with van der Waals surface area (Å²) in [7, 11) is -8.40. The molecule has 2 aromatic carbocycles. The van der Waals surface area contributed by atoms with Crippen LogP contribution in [0.25, 0.3) is 10.8 Å². The number of hydrogen-bond donors (Lipinski definition) is 5. The van der Waals surface area contributed by atoms with Crippen LogP contribution in [-0.2, 0) is 45.7 Å². The van der Waals surface area contributed by atoms with Crippen LogP contribution in [0.4, 0.5) is 0 Å². The molecule has 17 heteroatoms. The number of unbranched alkanes of at least 4 members (excludes halogenated alkanes) is 2. The van der Waals surface area contributed by atoms with Crippen molar-refractivity contribution in [2.24, 2.45) is 0 Å². The molecular weight excluding hydrogens is 728 g/mol. The molecular formula is C36H43N3O12P2.